The van der Waals surface area contributed by atoms with Gasteiger partial charge in [-0.15, -0.1) is 0 Å². The molecule has 2 aromatic carbocycles. The lowest BCUT2D eigenvalue weighted by Gasteiger charge is -2.30. The third-order valence-corrected chi connectivity index (χ3v) is 4.75. The molecule has 0 radical (unpaired) electrons. The molecule has 4 heteroatoms. The Balaban J connectivity index is 1.73. The zero-order valence-electron chi connectivity index (χ0n) is 14.2. The first-order valence-corrected chi connectivity index (χ1v) is 8.57. The minimum atomic E-state index is 0.0867. The van der Waals surface area contributed by atoms with Crippen molar-refractivity contribution in [3.8, 4) is 5.75 Å². The van der Waals surface area contributed by atoms with Gasteiger partial charge in [-0.25, -0.2) is 0 Å². The number of carbonyl (C=O) groups is 1. The maximum absolute atomic E-state index is 13.1. The van der Waals surface area contributed by atoms with Crippen LogP contribution < -0.4 is 9.64 Å². The van der Waals surface area contributed by atoms with E-state index in [4.69, 9.17) is 4.74 Å². The molecule has 2 heterocycles. The number of amides is 1. The zero-order chi connectivity index (χ0) is 17.2. The Morgan fingerprint density at radius 2 is 1.96 bits per heavy atom. The van der Waals surface area contributed by atoms with Crippen LogP contribution in [0.3, 0.4) is 0 Å². The monoisotopic (exact) mass is 332 g/mol. The van der Waals surface area contributed by atoms with E-state index in [1.54, 1.807) is 7.11 Å². The van der Waals surface area contributed by atoms with E-state index in [1.807, 2.05) is 53.6 Å². The number of methoxy groups -OCH3 is 1. The molecule has 1 aliphatic rings. The van der Waals surface area contributed by atoms with Crippen molar-refractivity contribution in [2.24, 2.45) is 0 Å². The third-order valence-electron chi connectivity index (χ3n) is 4.75. The number of carbonyl (C=O) groups excluding carboxylic acids is 1. The van der Waals surface area contributed by atoms with Crippen LogP contribution in [0, 0.1) is 0 Å². The number of anilines is 1. The summed E-state index contributed by atoms with van der Waals surface area (Å²) in [6.07, 6.45) is 4.09. The number of benzene rings is 2. The van der Waals surface area contributed by atoms with E-state index in [9.17, 15) is 4.79 Å². The van der Waals surface area contributed by atoms with Gasteiger partial charge in [-0.3, -0.25) is 9.78 Å². The topological polar surface area (TPSA) is 42.4 Å². The van der Waals surface area contributed by atoms with Crippen molar-refractivity contribution in [1.29, 1.82) is 0 Å². The zero-order valence-corrected chi connectivity index (χ0v) is 14.2. The van der Waals surface area contributed by atoms with E-state index in [0.29, 0.717) is 6.42 Å². The fourth-order valence-corrected chi connectivity index (χ4v) is 3.55. The molecular formula is C21H20N2O2. The average molecular weight is 332 g/mol. The van der Waals surface area contributed by atoms with E-state index >= 15 is 0 Å². The van der Waals surface area contributed by atoms with Crippen molar-refractivity contribution in [3.63, 3.8) is 0 Å². The third kappa shape index (κ3) is 2.84. The second-order valence-corrected chi connectivity index (χ2v) is 6.28. The Morgan fingerprint density at radius 1 is 1.16 bits per heavy atom. The van der Waals surface area contributed by atoms with Crippen LogP contribution in [-0.4, -0.2) is 24.5 Å². The molecular weight excluding hydrogens is 312 g/mol. The van der Waals surface area contributed by atoms with Crippen LogP contribution in [0.25, 0.3) is 10.8 Å². The Morgan fingerprint density at radius 3 is 2.84 bits per heavy atom. The van der Waals surface area contributed by atoms with Gasteiger partial charge in [0.25, 0.3) is 0 Å². The van der Waals surface area contributed by atoms with Crippen molar-refractivity contribution in [3.05, 3.63) is 66.0 Å². The number of pyridine rings is 1. The molecule has 0 bridgehead atoms. The van der Waals surface area contributed by atoms with E-state index in [-0.39, 0.29) is 5.91 Å². The molecule has 0 aliphatic carbocycles. The molecule has 0 fully saturated rings. The molecule has 3 aromatic rings. The van der Waals surface area contributed by atoms with Crippen LogP contribution in [0.5, 0.6) is 5.75 Å². The second kappa shape index (κ2) is 6.55. The van der Waals surface area contributed by atoms with Gasteiger partial charge in [0.1, 0.15) is 5.75 Å². The fraction of sp³-hybridized carbons (Fsp3) is 0.238. The number of hydrogen-bond donors (Lipinski definition) is 0. The second-order valence-electron chi connectivity index (χ2n) is 6.28. The smallest absolute Gasteiger partial charge is 0.231 e. The molecule has 1 aliphatic heterocycles. The van der Waals surface area contributed by atoms with Crippen LogP contribution in [0.4, 0.5) is 5.69 Å². The lowest BCUT2D eigenvalue weighted by Crippen LogP contribution is -2.37. The Kier molecular flexibility index (Phi) is 4.10. The highest BCUT2D eigenvalue weighted by molar-refractivity contribution is 6.05. The summed E-state index contributed by atoms with van der Waals surface area (Å²) in [5.41, 5.74) is 2.90. The van der Waals surface area contributed by atoms with E-state index in [2.05, 4.69) is 11.1 Å². The molecule has 4 rings (SSSR count). The highest BCUT2D eigenvalue weighted by Gasteiger charge is 2.26. The predicted octanol–water partition coefficient (Wildman–Crippen LogP) is 3.77. The Hall–Kier alpha value is -2.88. The molecule has 4 nitrogen and oxygen atoms in total. The van der Waals surface area contributed by atoms with Crippen molar-refractivity contribution in [2.75, 3.05) is 18.6 Å². The van der Waals surface area contributed by atoms with Crippen LogP contribution in [-0.2, 0) is 17.6 Å². The van der Waals surface area contributed by atoms with Crippen LogP contribution in [0.2, 0.25) is 0 Å². The van der Waals surface area contributed by atoms with Crippen molar-refractivity contribution in [1.82, 2.24) is 4.98 Å². The number of aromatic nitrogens is 1. The summed E-state index contributed by atoms with van der Waals surface area (Å²) in [6, 6.07) is 15.8. The standard InChI is InChI=1S/C21H20N2O2/c1-25-19-11-5-3-7-15(19)13-20(24)23-12-6-10-18-21(23)17-9-4-2-8-16(17)14-22-18/h2-5,7-9,11,14H,6,10,12-13H2,1H3. The molecule has 126 valence electrons. The maximum atomic E-state index is 13.1. The number of para-hydroxylation sites is 1. The van der Waals surface area contributed by atoms with Gasteiger partial charge >= 0.3 is 0 Å². The molecule has 0 saturated heterocycles. The summed E-state index contributed by atoms with van der Waals surface area (Å²) in [5.74, 6) is 0.840. The molecule has 1 amide bonds. The van der Waals surface area contributed by atoms with E-state index in [1.165, 1.54) is 0 Å². The highest BCUT2D eigenvalue weighted by Crippen LogP contribution is 2.34. The SMILES string of the molecule is COc1ccccc1CC(=O)N1CCCc2ncc3ccccc3c21. The molecule has 0 unspecified atom stereocenters. The van der Waals surface area contributed by atoms with Crippen LogP contribution >= 0.6 is 0 Å². The quantitative estimate of drug-likeness (QED) is 0.733. The number of ether oxygens (including phenoxy) is 1. The first kappa shape index (κ1) is 15.6. The highest BCUT2D eigenvalue weighted by atomic mass is 16.5. The minimum absolute atomic E-state index is 0.0867. The largest absolute Gasteiger partial charge is 0.496 e. The summed E-state index contributed by atoms with van der Waals surface area (Å²) in [4.78, 5) is 19.6. The van der Waals surface area contributed by atoms with Gasteiger partial charge in [0, 0.05) is 29.1 Å². The first-order valence-electron chi connectivity index (χ1n) is 8.57. The molecule has 0 spiro atoms. The lowest BCUT2D eigenvalue weighted by atomic mass is 10.0. The number of rotatable bonds is 3. The van der Waals surface area contributed by atoms with E-state index < -0.39 is 0 Å². The maximum Gasteiger partial charge on any atom is 0.231 e. The van der Waals surface area contributed by atoms with Crippen molar-refractivity contribution >= 4 is 22.4 Å². The molecule has 25 heavy (non-hydrogen) atoms. The van der Waals surface area contributed by atoms with Crippen LogP contribution in [0.1, 0.15) is 17.7 Å². The van der Waals surface area contributed by atoms with Gasteiger partial charge in [0.05, 0.1) is 24.9 Å². The molecule has 1 aromatic heterocycles. The number of aryl methyl sites for hydroxylation is 1. The number of hydrogen-bond acceptors (Lipinski definition) is 3. The average Bonchev–Trinajstić information content (AvgIpc) is 2.67. The number of nitrogens with zero attached hydrogens (tertiary/aromatic N) is 2. The molecule has 0 N–H and O–H groups in total. The summed E-state index contributed by atoms with van der Waals surface area (Å²) in [5, 5.41) is 2.17. The van der Waals surface area contributed by atoms with Gasteiger partial charge in [0.2, 0.25) is 5.91 Å². The minimum Gasteiger partial charge on any atom is -0.496 e. The normalized spacial score (nSPS) is 13.6. The van der Waals surface area contributed by atoms with Gasteiger partial charge in [-0.1, -0.05) is 42.5 Å². The summed E-state index contributed by atoms with van der Waals surface area (Å²) >= 11 is 0. The van der Waals surface area contributed by atoms with Crippen LogP contribution in [0.15, 0.2) is 54.7 Å². The number of fused-ring (bicyclic) bond motifs is 3. The Labute approximate surface area is 147 Å². The van der Waals surface area contributed by atoms with Gasteiger partial charge < -0.3 is 9.64 Å². The molecule has 0 saturated carbocycles. The summed E-state index contributed by atoms with van der Waals surface area (Å²) in [7, 11) is 1.64. The lowest BCUT2D eigenvalue weighted by molar-refractivity contribution is -0.118. The van der Waals surface area contributed by atoms with Crippen molar-refractivity contribution < 1.29 is 9.53 Å². The Bertz CT molecular complexity index is 936. The first-order chi connectivity index (χ1) is 12.3. The van der Waals surface area contributed by atoms with Crippen molar-refractivity contribution in [2.45, 2.75) is 19.3 Å². The fourth-order valence-electron chi connectivity index (χ4n) is 3.55. The predicted molar refractivity (Wildman–Crippen MR) is 99.1 cm³/mol. The van der Waals surface area contributed by atoms with Gasteiger partial charge in [-0.05, 0) is 18.9 Å². The van der Waals surface area contributed by atoms with Gasteiger partial charge in [-0.2, -0.15) is 0 Å². The summed E-state index contributed by atoms with van der Waals surface area (Å²) < 4.78 is 5.39. The molecule has 0 atom stereocenters. The van der Waals surface area contributed by atoms with E-state index in [0.717, 1.165) is 52.9 Å². The van der Waals surface area contributed by atoms with Gasteiger partial charge in [0.15, 0.2) is 0 Å². The summed E-state index contributed by atoms with van der Waals surface area (Å²) in [6.45, 7) is 0.733.